The summed E-state index contributed by atoms with van der Waals surface area (Å²) in [5, 5.41) is 12.1. The second kappa shape index (κ2) is 7.75. The fraction of sp³-hybridized carbons (Fsp3) is 0.333. The summed E-state index contributed by atoms with van der Waals surface area (Å²) in [6, 6.07) is 9.40. The van der Waals surface area contributed by atoms with Crippen molar-refractivity contribution in [3.63, 3.8) is 0 Å². The monoisotopic (exact) mass is 327 g/mol. The van der Waals surface area contributed by atoms with Crippen molar-refractivity contribution in [2.45, 2.75) is 12.8 Å². The molecule has 1 aliphatic heterocycles. The quantitative estimate of drug-likeness (QED) is 0.913. The molecule has 5 nitrogen and oxygen atoms in total. The number of pyridine rings is 1. The van der Waals surface area contributed by atoms with E-state index >= 15 is 0 Å². The van der Waals surface area contributed by atoms with Crippen LogP contribution in [0.4, 0.5) is 4.39 Å². The second-order valence-corrected chi connectivity index (χ2v) is 5.69. The Labute approximate surface area is 140 Å². The number of nitriles is 1. The SMILES string of the molecule is N#Cc1ccc(Oc2ncccc2OCC2CCCNC2)cc1F. The van der Waals surface area contributed by atoms with Gasteiger partial charge >= 0.3 is 0 Å². The molecule has 0 saturated carbocycles. The molecule has 0 radical (unpaired) electrons. The molecule has 1 aromatic carbocycles. The van der Waals surface area contributed by atoms with Crippen LogP contribution in [0.15, 0.2) is 36.5 Å². The molecule has 1 N–H and O–H groups in total. The van der Waals surface area contributed by atoms with Crippen LogP contribution in [0.2, 0.25) is 0 Å². The molecule has 2 heterocycles. The predicted octanol–water partition coefficient (Wildman–Crippen LogP) is 3.26. The van der Waals surface area contributed by atoms with Gasteiger partial charge in [0, 0.05) is 24.7 Å². The van der Waals surface area contributed by atoms with Crippen LogP contribution in [-0.2, 0) is 0 Å². The largest absolute Gasteiger partial charge is 0.488 e. The second-order valence-electron chi connectivity index (χ2n) is 5.69. The average molecular weight is 327 g/mol. The third kappa shape index (κ3) is 4.00. The van der Waals surface area contributed by atoms with E-state index in [2.05, 4.69) is 10.3 Å². The van der Waals surface area contributed by atoms with Gasteiger partial charge in [-0.25, -0.2) is 9.37 Å². The van der Waals surface area contributed by atoms with Gasteiger partial charge in [-0.1, -0.05) is 0 Å². The zero-order valence-corrected chi connectivity index (χ0v) is 13.2. The van der Waals surface area contributed by atoms with Gasteiger partial charge in [-0.05, 0) is 43.7 Å². The lowest BCUT2D eigenvalue weighted by molar-refractivity contribution is 0.211. The highest BCUT2D eigenvalue weighted by molar-refractivity contribution is 5.40. The molecule has 1 atom stereocenters. The molecule has 0 spiro atoms. The number of nitrogens with one attached hydrogen (secondary N) is 1. The van der Waals surface area contributed by atoms with Gasteiger partial charge in [-0.3, -0.25) is 0 Å². The minimum Gasteiger partial charge on any atom is -0.488 e. The van der Waals surface area contributed by atoms with Crippen LogP contribution < -0.4 is 14.8 Å². The van der Waals surface area contributed by atoms with Crippen LogP contribution in [0.5, 0.6) is 17.4 Å². The van der Waals surface area contributed by atoms with Gasteiger partial charge in [0.15, 0.2) is 5.75 Å². The summed E-state index contributed by atoms with van der Waals surface area (Å²) in [7, 11) is 0. The Morgan fingerprint density at radius 2 is 2.29 bits per heavy atom. The molecule has 1 saturated heterocycles. The van der Waals surface area contributed by atoms with E-state index in [1.165, 1.54) is 18.2 Å². The van der Waals surface area contributed by atoms with Gasteiger partial charge in [0.05, 0.1) is 12.2 Å². The molecular formula is C18H18FN3O2. The third-order valence-electron chi connectivity index (χ3n) is 3.89. The Kier molecular flexibility index (Phi) is 5.24. The van der Waals surface area contributed by atoms with Crippen molar-refractivity contribution in [3.8, 4) is 23.4 Å². The van der Waals surface area contributed by atoms with Crippen molar-refractivity contribution < 1.29 is 13.9 Å². The van der Waals surface area contributed by atoms with Crippen LogP contribution in [0.25, 0.3) is 0 Å². The molecule has 124 valence electrons. The average Bonchev–Trinajstić information content (AvgIpc) is 2.62. The number of rotatable bonds is 5. The van der Waals surface area contributed by atoms with E-state index in [1.807, 2.05) is 0 Å². The minimum absolute atomic E-state index is 0.0235. The molecule has 3 rings (SSSR count). The molecule has 0 aliphatic carbocycles. The summed E-state index contributed by atoms with van der Waals surface area (Å²) in [6.45, 7) is 2.58. The summed E-state index contributed by atoms with van der Waals surface area (Å²) in [5.41, 5.74) is -0.0235. The van der Waals surface area contributed by atoms with Gasteiger partial charge in [0.2, 0.25) is 0 Å². The number of piperidine rings is 1. The smallest absolute Gasteiger partial charge is 0.262 e. The lowest BCUT2D eigenvalue weighted by Crippen LogP contribution is -2.33. The lowest BCUT2D eigenvalue weighted by Gasteiger charge is -2.23. The maximum Gasteiger partial charge on any atom is 0.262 e. The van der Waals surface area contributed by atoms with E-state index in [-0.39, 0.29) is 17.2 Å². The Morgan fingerprint density at radius 3 is 3.04 bits per heavy atom. The zero-order chi connectivity index (χ0) is 16.8. The molecule has 1 fully saturated rings. The van der Waals surface area contributed by atoms with Gasteiger partial charge in [0.25, 0.3) is 5.88 Å². The van der Waals surface area contributed by atoms with Gasteiger partial charge < -0.3 is 14.8 Å². The first kappa shape index (κ1) is 16.2. The Hall–Kier alpha value is -2.65. The Balaban J connectivity index is 1.69. The number of nitrogens with zero attached hydrogens (tertiary/aromatic N) is 2. The first-order valence-electron chi connectivity index (χ1n) is 7.92. The van der Waals surface area contributed by atoms with Crippen LogP contribution in [0.1, 0.15) is 18.4 Å². The molecule has 6 heteroatoms. The molecule has 24 heavy (non-hydrogen) atoms. The summed E-state index contributed by atoms with van der Waals surface area (Å²) < 4.78 is 25.2. The fourth-order valence-corrected chi connectivity index (χ4v) is 2.60. The van der Waals surface area contributed by atoms with Crippen molar-refractivity contribution in [3.05, 3.63) is 47.9 Å². The lowest BCUT2D eigenvalue weighted by atomic mass is 10.0. The summed E-state index contributed by atoms with van der Waals surface area (Å²) in [6.07, 6.45) is 3.86. The fourth-order valence-electron chi connectivity index (χ4n) is 2.60. The van der Waals surface area contributed by atoms with Crippen LogP contribution in [0.3, 0.4) is 0 Å². The standard InChI is InChI=1S/C18H18FN3O2/c19-16-9-15(6-5-14(16)10-20)24-18-17(4-2-8-22-18)23-12-13-3-1-7-21-11-13/h2,4-6,8-9,13,21H,1,3,7,11-12H2. The van der Waals surface area contributed by atoms with Crippen molar-refractivity contribution in [2.24, 2.45) is 5.92 Å². The number of benzene rings is 1. The molecule has 1 unspecified atom stereocenters. The Morgan fingerprint density at radius 1 is 1.38 bits per heavy atom. The first-order chi connectivity index (χ1) is 11.8. The predicted molar refractivity (Wildman–Crippen MR) is 86.5 cm³/mol. The van der Waals surface area contributed by atoms with Crippen LogP contribution in [-0.4, -0.2) is 24.7 Å². The number of hydrogen-bond donors (Lipinski definition) is 1. The minimum atomic E-state index is -0.623. The maximum atomic E-state index is 13.7. The highest BCUT2D eigenvalue weighted by Crippen LogP contribution is 2.30. The van der Waals surface area contributed by atoms with Crippen molar-refractivity contribution in [1.82, 2.24) is 10.3 Å². The maximum absolute atomic E-state index is 13.7. The topological polar surface area (TPSA) is 67.2 Å². The first-order valence-corrected chi connectivity index (χ1v) is 7.92. The van der Waals surface area contributed by atoms with Crippen LogP contribution >= 0.6 is 0 Å². The Bertz CT molecular complexity index is 739. The summed E-state index contributed by atoms with van der Waals surface area (Å²) in [5.74, 6) is 0.911. The number of halogens is 1. The van der Waals surface area contributed by atoms with Crippen LogP contribution in [0, 0.1) is 23.1 Å². The molecule has 1 aromatic heterocycles. The van der Waals surface area contributed by atoms with E-state index in [0.717, 1.165) is 25.9 Å². The van der Waals surface area contributed by atoms with Gasteiger partial charge in [-0.15, -0.1) is 0 Å². The van der Waals surface area contributed by atoms with Crippen molar-refractivity contribution in [1.29, 1.82) is 5.26 Å². The number of aromatic nitrogens is 1. The van der Waals surface area contributed by atoms with E-state index < -0.39 is 5.82 Å². The number of hydrogen-bond acceptors (Lipinski definition) is 5. The molecule has 1 aliphatic rings. The highest BCUT2D eigenvalue weighted by atomic mass is 19.1. The van der Waals surface area contributed by atoms with E-state index in [4.69, 9.17) is 14.7 Å². The van der Waals surface area contributed by atoms with Crippen molar-refractivity contribution >= 4 is 0 Å². The molecule has 0 amide bonds. The van der Waals surface area contributed by atoms with Crippen molar-refractivity contribution in [2.75, 3.05) is 19.7 Å². The highest BCUT2D eigenvalue weighted by Gasteiger charge is 2.15. The normalized spacial score (nSPS) is 17.1. The van der Waals surface area contributed by atoms with E-state index in [1.54, 1.807) is 24.4 Å². The van der Waals surface area contributed by atoms with E-state index in [0.29, 0.717) is 18.3 Å². The van der Waals surface area contributed by atoms with Gasteiger partial charge in [-0.2, -0.15) is 5.26 Å². The molecule has 0 bridgehead atoms. The zero-order valence-electron chi connectivity index (χ0n) is 13.2. The van der Waals surface area contributed by atoms with Gasteiger partial charge in [0.1, 0.15) is 17.6 Å². The number of ether oxygens (including phenoxy) is 2. The molecule has 2 aromatic rings. The van der Waals surface area contributed by atoms with E-state index in [9.17, 15) is 4.39 Å². The summed E-state index contributed by atoms with van der Waals surface area (Å²) in [4.78, 5) is 4.16. The third-order valence-corrected chi connectivity index (χ3v) is 3.89. The molecular weight excluding hydrogens is 309 g/mol. The summed E-state index contributed by atoms with van der Waals surface area (Å²) >= 11 is 0.